The lowest BCUT2D eigenvalue weighted by Gasteiger charge is -2.51. The molecule has 3 amide bonds. The predicted molar refractivity (Wildman–Crippen MR) is 128 cm³/mol. The fraction of sp³-hybridized carbons (Fsp3) is 0.522. The second kappa shape index (κ2) is 9.22. The Balaban J connectivity index is 1.35. The number of aliphatic hydroxyl groups is 2. The number of carbonyl (C=O) groups is 3. The van der Waals surface area contributed by atoms with Crippen LogP contribution >= 0.6 is 0 Å². The molecule has 4 fully saturated rings. The summed E-state index contributed by atoms with van der Waals surface area (Å²) in [5.41, 5.74) is -2.74. The van der Waals surface area contributed by atoms with E-state index in [0.29, 0.717) is 0 Å². The van der Waals surface area contributed by atoms with Crippen molar-refractivity contribution in [2.45, 2.75) is 55.2 Å². The van der Waals surface area contributed by atoms with Gasteiger partial charge >= 0.3 is 12.3 Å². The molecule has 216 valence electrons. The van der Waals surface area contributed by atoms with Crippen LogP contribution in [-0.4, -0.2) is 105 Å². The lowest BCUT2D eigenvalue weighted by Crippen LogP contribution is -2.81. The van der Waals surface area contributed by atoms with Gasteiger partial charge in [0.1, 0.15) is 0 Å². The molecule has 4 saturated heterocycles. The molecule has 5 rings (SSSR count). The maximum Gasteiger partial charge on any atom is 0.416 e. The Kier molecular flexibility index (Phi) is 6.33. The number of likely N-dealkylation sites (tertiary alicyclic amines) is 1. The van der Waals surface area contributed by atoms with Crippen molar-refractivity contribution in [3.8, 4) is 0 Å². The van der Waals surface area contributed by atoms with Crippen molar-refractivity contribution in [1.29, 1.82) is 10.8 Å². The highest BCUT2D eigenvalue weighted by molar-refractivity contribution is 6.02. The minimum absolute atomic E-state index is 0.0302. The number of imide groups is 1. The summed E-state index contributed by atoms with van der Waals surface area (Å²) in [7, 11) is 1.26. The van der Waals surface area contributed by atoms with Crippen LogP contribution in [0.5, 0.6) is 0 Å². The highest BCUT2D eigenvalue weighted by atomic mass is 19.4. The van der Waals surface area contributed by atoms with Crippen molar-refractivity contribution in [3.63, 3.8) is 0 Å². The Morgan fingerprint density at radius 3 is 2.52 bits per heavy atom. The van der Waals surface area contributed by atoms with Crippen LogP contribution in [0.4, 0.5) is 18.0 Å². The largest absolute Gasteiger partial charge is 0.438 e. The van der Waals surface area contributed by atoms with Gasteiger partial charge in [-0.3, -0.25) is 25.3 Å². The van der Waals surface area contributed by atoms with Crippen molar-refractivity contribution < 1.29 is 42.5 Å². The van der Waals surface area contributed by atoms with Crippen LogP contribution in [0.2, 0.25) is 0 Å². The van der Waals surface area contributed by atoms with Gasteiger partial charge in [0.15, 0.2) is 23.7 Å². The highest BCUT2D eigenvalue weighted by Crippen LogP contribution is 2.44. The van der Waals surface area contributed by atoms with Crippen molar-refractivity contribution in [2.24, 2.45) is 0 Å². The van der Waals surface area contributed by atoms with E-state index in [9.17, 15) is 37.8 Å². The van der Waals surface area contributed by atoms with Crippen molar-refractivity contribution in [2.75, 3.05) is 20.1 Å². The van der Waals surface area contributed by atoms with Crippen LogP contribution in [0.3, 0.4) is 0 Å². The van der Waals surface area contributed by atoms with Crippen molar-refractivity contribution >= 4 is 29.8 Å². The second-order valence-electron chi connectivity index (χ2n) is 10.1. The summed E-state index contributed by atoms with van der Waals surface area (Å²) in [6.45, 7) is -0.907. The molecule has 1 aromatic rings. The lowest BCUT2D eigenvalue weighted by molar-refractivity contribution is -0.258. The third-order valence-electron chi connectivity index (χ3n) is 7.61. The van der Waals surface area contributed by atoms with Gasteiger partial charge in [-0.05, 0) is 17.7 Å². The van der Waals surface area contributed by atoms with E-state index in [2.05, 4.69) is 16.0 Å². The van der Waals surface area contributed by atoms with Crippen LogP contribution in [0.1, 0.15) is 24.0 Å². The van der Waals surface area contributed by atoms with Crippen molar-refractivity contribution in [3.05, 3.63) is 35.4 Å². The van der Waals surface area contributed by atoms with Gasteiger partial charge in [-0.1, -0.05) is 12.1 Å². The molecule has 17 heteroatoms. The number of nitrogens with zero attached hydrogens (tertiary/aromatic N) is 3. The average molecular weight is 569 g/mol. The zero-order chi connectivity index (χ0) is 29.2. The third kappa shape index (κ3) is 4.25. The van der Waals surface area contributed by atoms with Crippen molar-refractivity contribution in [1.82, 2.24) is 30.7 Å². The Bertz CT molecular complexity index is 1280. The molecule has 0 aromatic heterocycles. The summed E-state index contributed by atoms with van der Waals surface area (Å²) in [5, 5.41) is 47.7. The van der Waals surface area contributed by atoms with Gasteiger partial charge in [0.2, 0.25) is 17.6 Å². The fourth-order valence-corrected chi connectivity index (χ4v) is 5.69. The lowest BCUT2D eigenvalue weighted by atomic mass is 9.85. The molecular weight excluding hydrogens is 541 g/mol. The minimum atomic E-state index is -4.57. The number of benzene rings is 1. The number of guanidine groups is 2. The number of ether oxygens (including phenoxy) is 1. The third-order valence-corrected chi connectivity index (χ3v) is 7.61. The molecular formula is C23H27F3N8O6. The predicted octanol–water partition coefficient (Wildman–Crippen LogP) is -1.11. The first-order chi connectivity index (χ1) is 18.6. The molecule has 1 aromatic carbocycles. The number of hydrogen-bond donors (Lipinski definition) is 7. The maximum absolute atomic E-state index is 13.1. The quantitative estimate of drug-likeness (QED) is 0.169. The molecule has 40 heavy (non-hydrogen) atoms. The van der Waals surface area contributed by atoms with Gasteiger partial charge in [-0.25, -0.2) is 4.79 Å². The Morgan fingerprint density at radius 2 is 1.88 bits per heavy atom. The van der Waals surface area contributed by atoms with E-state index < -0.39 is 65.8 Å². The summed E-state index contributed by atoms with van der Waals surface area (Å²) in [6, 6.07) is 2.35. The van der Waals surface area contributed by atoms with E-state index in [1.165, 1.54) is 24.1 Å². The molecule has 0 radical (unpaired) electrons. The molecule has 7 N–H and O–H groups in total. The zero-order valence-electron chi connectivity index (χ0n) is 21.1. The van der Waals surface area contributed by atoms with Gasteiger partial charge in [0.05, 0.1) is 30.7 Å². The van der Waals surface area contributed by atoms with E-state index >= 15 is 0 Å². The van der Waals surface area contributed by atoms with E-state index in [-0.39, 0.29) is 43.4 Å². The van der Waals surface area contributed by atoms with E-state index in [4.69, 9.17) is 15.6 Å². The number of carbonyl (C=O) groups excluding carboxylic acids is 3. The van der Waals surface area contributed by atoms with E-state index in [1.807, 2.05) is 0 Å². The first-order valence-electron chi connectivity index (χ1n) is 12.3. The molecule has 4 aliphatic heterocycles. The molecule has 4 atom stereocenters. The van der Waals surface area contributed by atoms with E-state index in [0.717, 1.165) is 21.9 Å². The van der Waals surface area contributed by atoms with Crippen LogP contribution < -0.4 is 16.0 Å². The van der Waals surface area contributed by atoms with Crippen LogP contribution in [-0.2, 0) is 27.0 Å². The molecule has 14 nitrogen and oxygen atoms in total. The highest BCUT2D eigenvalue weighted by Gasteiger charge is 2.75. The number of amides is 3. The van der Waals surface area contributed by atoms with Gasteiger partial charge < -0.3 is 40.7 Å². The van der Waals surface area contributed by atoms with Gasteiger partial charge in [-0.15, -0.1) is 0 Å². The average Bonchev–Trinajstić information content (AvgIpc) is 3.46. The standard InChI is InChI=1S/C23H27F3N8O6/c1-32(8-11-3-2-4-12(7-11)23(24,25)26)20(37)40-14-10-34-19(28)29-13(9-33-15(35)5-6-16(33)36)17-21(34,22(14,38)39)31-18(27)30-17/h2-4,7,13-14,17,38-39H,5-6,8-10H2,1H3,(H2,28,29)(H3,27,30,31)/t13-,14-,17-,21-/m0/s1. The topological polar surface area (TPSA) is 194 Å². The molecule has 0 bridgehead atoms. The summed E-state index contributed by atoms with van der Waals surface area (Å²) in [4.78, 5) is 40.4. The Hall–Kier alpha value is -4.12. The smallest absolute Gasteiger partial charge is 0.416 e. The van der Waals surface area contributed by atoms with Crippen LogP contribution in [0, 0.1) is 10.8 Å². The summed E-state index contributed by atoms with van der Waals surface area (Å²) < 4.78 is 44.6. The minimum Gasteiger partial charge on any atom is -0.438 e. The van der Waals surface area contributed by atoms with Crippen LogP contribution in [0.15, 0.2) is 24.3 Å². The van der Waals surface area contributed by atoms with Crippen LogP contribution in [0.25, 0.3) is 0 Å². The monoisotopic (exact) mass is 568 g/mol. The first kappa shape index (κ1) is 27.4. The number of hydrogen-bond acceptors (Lipinski definition) is 8. The number of halogens is 3. The number of alkyl halides is 3. The van der Waals surface area contributed by atoms with Gasteiger partial charge in [0.25, 0.3) is 0 Å². The summed E-state index contributed by atoms with van der Waals surface area (Å²) >= 11 is 0. The summed E-state index contributed by atoms with van der Waals surface area (Å²) in [5.74, 6) is -4.43. The first-order valence-corrected chi connectivity index (χ1v) is 12.3. The molecule has 4 heterocycles. The molecule has 0 saturated carbocycles. The van der Waals surface area contributed by atoms with E-state index in [1.54, 1.807) is 0 Å². The van der Waals surface area contributed by atoms with Gasteiger partial charge in [-0.2, -0.15) is 13.2 Å². The fourth-order valence-electron chi connectivity index (χ4n) is 5.69. The maximum atomic E-state index is 13.1. The second-order valence-corrected chi connectivity index (χ2v) is 10.1. The molecule has 0 unspecified atom stereocenters. The Morgan fingerprint density at radius 1 is 1.20 bits per heavy atom. The molecule has 1 spiro atoms. The molecule has 4 aliphatic rings. The summed E-state index contributed by atoms with van der Waals surface area (Å²) in [6.07, 6.45) is -7.27. The SMILES string of the molecule is CN(Cc1cccc(C(F)(F)F)c1)C(=O)O[C@H]1CN2C(=N)N[C@@H](CN3C(=O)CCC3=O)[C@@H]3NC(=N)N[C@@]32C1(O)O. The molecule has 0 aliphatic carbocycles. The number of nitrogens with one attached hydrogen (secondary N) is 5. The normalized spacial score (nSPS) is 29.0. The zero-order valence-corrected chi connectivity index (χ0v) is 21.1. The number of rotatable bonds is 5. The van der Waals surface area contributed by atoms with Gasteiger partial charge in [0, 0.05) is 26.4 Å². The Labute approximate surface area is 225 Å².